The molecule has 0 N–H and O–H groups in total. The predicted octanol–water partition coefficient (Wildman–Crippen LogP) is 3.92. The van der Waals surface area contributed by atoms with Crippen molar-refractivity contribution >= 4 is 17.3 Å². The van der Waals surface area contributed by atoms with E-state index in [0.717, 1.165) is 48.1 Å². The number of halogens is 1. The molecule has 0 unspecified atom stereocenters. The first-order valence-corrected chi connectivity index (χ1v) is 11.3. The lowest BCUT2D eigenvalue weighted by Crippen LogP contribution is -2.34. The second kappa shape index (κ2) is 8.99. The summed E-state index contributed by atoms with van der Waals surface area (Å²) in [5.74, 6) is 0.947. The Bertz CT molecular complexity index is 1170. The van der Waals surface area contributed by atoms with Crippen molar-refractivity contribution in [3.05, 3.63) is 70.4 Å². The summed E-state index contributed by atoms with van der Waals surface area (Å²) in [6.07, 6.45) is 8.92. The topological polar surface area (TPSA) is 81.9 Å². The van der Waals surface area contributed by atoms with Gasteiger partial charge in [0.05, 0.1) is 28.8 Å². The van der Waals surface area contributed by atoms with Gasteiger partial charge in [-0.05, 0) is 37.5 Å². The van der Waals surface area contributed by atoms with Crippen LogP contribution in [0.2, 0.25) is 0 Å². The average Bonchev–Trinajstić information content (AvgIpc) is 3.52. The van der Waals surface area contributed by atoms with Gasteiger partial charge in [-0.2, -0.15) is 0 Å². The van der Waals surface area contributed by atoms with Crippen LogP contribution in [0.4, 0.5) is 10.3 Å². The highest BCUT2D eigenvalue weighted by Gasteiger charge is 2.24. The van der Waals surface area contributed by atoms with Gasteiger partial charge >= 0.3 is 0 Å². The summed E-state index contributed by atoms with van der Waals surface area (Å²) < 4.78 is 21.6. The van der Waals surface area contributed by atoms with Crippen LogP contribution < -0.4 is 9.64 Å². The first kappa shape index (κ1) is 20.5. The average molecular weight is 452 g/mol. The largest absolute Gasteiger partial charge is 0.484 e. The standard InChI is InChI=1S/C22H22FN7OS/c1-15-11-24-22(25-12-15)29-7-4-16(5-8-29)21-27-17(14-32-21)13-31-20-3-2-18(10-19(20)23)30-9-6-26-28-30/h2-3,6,9-12,14,16H,4-5,7-8,13H2,1H3. The molecule has 4 heterocycles. The van der Waals surface area contributed by atoms with Gasteiger partial charge in [-0.3, -0.25) is 0 Å². The van der Waals surface area contributed by atoms with Crippen molar-refractivity contribution in [2.75, 3.05) is 18.0 Å². The van der Waals surface area contributed by atoms with E-state index in [1.165, 1.54) is 10.7 Å². The summed E-state index contributed by atoms with van der Waals surface area (Å²) in [6.45, 7) is 4.03. The molecule has 0 spiro atoms. The number of benzene rings is 1. The van der Waals surface area contributed by atoms with E-state index in [1.54, 1.807) is 35.9 Å². The summed E-state index contributed by atoms with van der Waals surface area (Å²) in [5.41, 5.74) is 2.46. The molecule has 164 valence electrons. The number of aryl methyl sites for hydroxylation is 1. The molecular weight excluding hydrogens is 429 g/mol. The van der Waals surface area contributed by atoms with Gasteiger partial charge < -0.3 is 9.64 Å². The van der Waals surface area contributed by atoms with Gasteiger partial charge in [0, 0.05) is 42.8 Å². The molecule has 0 saturated carbocycles. The monoisotopic (exact) mass is 451 g/mol. The minimum absolute atomic E-state index is 0.190. The highest BCUT2D eigenvalue weighted by Crippen LogP contribution is 2.31. The molecule has 0 bridgehead atoms. The molecule has 4 aromatic rings. The minimum Gasteiger partial charge on any atom is -0.484 e. The Morgan fingerprint density at radius 1 is 1.19 bits per heavy atom. The van der Waals surface area contributed by atoms with Crippen LogP contribution in [0.25, 0.3) is 5.69 Å². The summed E-state index contributed by atoms with van der Waals surface area (Å²) in [6, 6.07) is 4.72. The molecule has 1 aliphatic heterocycles. The fourth-order valence-electron chi connectivity index (χ4n) is 3.70. The lowest BCUT2D eigenvalue weighted by molar-refractivity contribution is 0.286. The van der Waals surface area contributed by atoms with E-state index in [4.69, 9.17) is 9.72 Å². The highest BCUT2D eigenvalue weighted by atomic mass is 32.1. The summed E-state index contributed by atoms with van der Waals surface area (Å²) in [7, 11) is 0. The molecule has 0 radical (unpaired) electrons. The van der Waals surface area contributed by atoms with Crippen LogP contribution >= 0.6 is 11.3 Å². The van der Waals surface area contributed by atoms with Gasteiger partial charge in [0.25, 0.3) is 0 Å². The number of piperidine rings is 1. The first-order chi connectivity index (χ1) is 15.7. The number of ether oxygens (including phenoxy) is 1. The molecule has 0 atom stereocenters. The third-order valence-electron chi connectivity index (χ3n) is 5.44. The van der Waals surface area contributed by atoms with Crippen molar-refractivity contribution in [1.29, 1.82) is 0 Å². The molecule has 1 saturated heterocycles. The smallest absolute Gasteiger partial charge is 0.225 e. The number of anilines is 1. The third-order valence-corrected chi connectivity index (χ3v) is 6.50. The normalized spacial score (nSPS) is 14.6. The van der Waals surface area contributed by atoms with Gasteiger partial charge in [-0.25, -0.2) is 24.0 Å². The Morgan fingerprint density at radius 3 is 2.72 bits per heavy atom. The van der Waals surface area contributed by atoms with E-state index in [9.17, 15) is 4.39 Å². The zero-order valence-corrected chi connectivity index (χ0v) is 18.4. The van der Waals surface area contributed by atoms with Crippen LogP contribution in [0, 0.1) is 12.7 Å². The number of rotatable bonds is 6. The van der Waals surface area contributed by atoms with E-state index < -0.39 is 5.82 Å². The molecule has 1 aliphatic rings. The highest BCUT2D eigenvalue weighted by molar-refractivity contribution is 7.09. The lowest BCUT2D eigenvalue weighted by Gasteiger charge is -2.31. The van der Waals surface area contributed by atoms with Gasteiger partial charge in [0.1, 0.15) is 6.61 Å². The Morgan fingerprint density at radius 2 is 2.00 bits per heavy atom. The Hall–Kier alpha value is -3.40. The molecule has 3 aromatic heterocycles. The van der Waals surface area contributed by atoms with Crippen molar-refractivity contribution in [2.45, 2.75) is 32.3 Å². The third kappa shape index (κ3) is 4.45. The van der Waals surface area contributed by atoms with Crippen molar-refractivity contribution in [2.24, 2.45) is 0 Å². The van der Waals surface area contributed by atoms with Crippen LogP contribution in [0.1, 0.15) is 35.0 Å². The van der Waals surface area contributed by atoms with Crippen LogP contribution in [-0.4, -0.2) is 43.0 Å². The number of hydrogen-bond donors (Lipinski definition) is 0. The minimum atomic E-state index is -0.445. The van der Waals surface area contributed by atoms with E-state index in [1.807, 2.05) is 24.7 Å². The maximum Gasteiger partial charge on any atom is 0.225 e. The van der Waals surface area contributed by atoms with Gasteiger partial charge in [0.15, 0.2) is 11.6 Å². The summed E-state index contributed by atoms with van der Waals surface area (Å²) in [4.78, 5) is 15.8. The molecule has 8 nitrogen and oxygen atoms in total. The Balaban J connectivity index is 1.17. The zero-order chi connectivity index (χ0) is 21.9. The number of thiazole rings is 1. The number of aromatic nitrogens is 6. The van der Waals surface area contributed by atoms with E-state index in [-0.39, 0.29) is 12.4 Å². The van der Waals surface area contributed by atoms with Gasteiger partial charge in [-0.15, -0.1) is 16.4 Å². The van der Waals surface area contributed by atoms with Crippen molar-refractivity contribution in [1.82, 2.24) is 29.9 Å². The fourth-order valence-corrected chi connectivity index (χ4v) is 4.67. The van der Waals surface area contributed by atoms with E-state index >= 15 is 0 Å². The summed E-state index contributed by atoms with van der Waals surface area (Å²) in [5, 5.41) is 10.7. The Labute approximate surface area is 188 Å². The SMILES string of the molecule is Cc1cnc(N2CCC(c3nc(COc4ccc(-n5ccnn5)cc4F)cs3)CC2)nc1. The zero-order valence-electron chi connectivity index (χ0n) is 17.6. The maximum absolute atomic E-state index is 14.4. The molecular formula is C22H22FN7OS. The van der Waals surface area contributed by atoms with Crippen LogP contribution in [-0.2, 0) is 6.61 Å². The lowest BCUT2D eigenvalue weighted by atomic mass is 9.98. The van der Waals surface area contributed by atoms with Crippen molar-refractivity contribution in [3.63, 3.8) is 0 Å². The second-order valence-electron chi connectivity index (χ2n) is 7.75. The van der Waals surface area contributed by atoms with E-state index in [2.05, 4.69) is 25.2 Å². The molecule has 1 aromatic carbocycles. The molecule has 5 rings (SSSR count). The number of nitrogens with zero attached hydrogens (tertiary/aromatic N) is 7. The van der Waals surface area contributed by atoms with Gasteiger partial charge in [-0.1, -0.05) is 5.21 Å². The second-order valence-corrected chi connectivity index (χ2v) is 8.64. The van der Waals surface area contributed by atoms with Crippen LogP contribution in [0.3, 0.4) is 0 Å². The van der Waals surface area contributed by atoms with Crippen molar-refractivity contribution < 1.29 is 9.13 Å². The van der Waals surface area contributed by atoms with E-state index in [0.29, 0.717) is 11.6 Å². The molecule has 32 heavy (non-hydrogen) atoms. The summed E-state index contributed by atoms with van der Waals surface area (Å²) >= 11 is 1.64. The number of hydrogen-bond acceptors (Lipinski definition) is 8. The molecule has 0 aliphatic carbocycles. The van der Waals surface area contributed by atoms with Gasteiger partial charge in [0.2, 0.25) is 5.95 Å². The molecule has 1 fully saturated rings. The van der Waals surface area contributed by atoms with Crippen LogP contribution in [0.5, 0.6) is 5.75 Å². The maximum atomic E-state index is 14.4. The predicted molar refractivity (Wildman–Crippen MR) is 119 cm³/mol. The molecule has 10 heteroatoms. The van der Waals surface area contributed by atoms with Crippen LogP contribution in [0.15, 0.2) is 48.4 Å². The van der Waals surface area contributed by atoms with Crippen molar-refractivity contribution in [3.8, 4) is 11.4 Å². The quantitative estimate of drug-likeness (QED) is 0.439. The Kier molecular flexibility index (Phi) is 5.76. The first-order valence-electron chi connectivity index (χ1n) is 10.4. The fraction of sp³-hybridized carbons (Fsp3) is 0.318. The molecule has 0 amide bonds.